The lowest BCUT2D eigenvalue weighted by Gasteiger charge is -2.15. The van der Waals surface area contributed by atoms with Crippen LogP contribution in [0.3, 0.4) is 0 Å². The summed E-state index contributed by atoms with van der Waals surface area (Å²) >= 11 is 0. The highest BCUT2D eigenvalue weighted by Crippen LogP contribution is 2.06. The highest BCUT2D eigenvalue weighted by Gasteiger charge is 2.05. The second-order valence-electron chi connectivity index (χ2n) is 3.73. The fourth-order valence-electron chi connectivity index (χ4n) is 1.47. The first-order chi connectivity index (χ1) is 7.11. The Labute approximate surface area is 90.0 Å². The molecule has 82 valence electrons. The van der Waals surface area contributed by atoms with Gasteiger partial charge in [0.1, 0.15) is 0 Å². The molecule has 0 saturated heterocycles. The molecular weight excluding hydrogens is 190 g/mol. The molecule has 0 saturated carbocycles. The molecule has 3 N–H and O–H groups in total. The molecule has 0 unspecified atom stereocenters. The van der Waals surface area contributed by atoms with Crippen LogP contribution in [0.2, 0.25) is 0 Å². The van der Waals surface area contributed by atoms with Gasteiger partial charge in [0.25, 0.3) is 0 Å². The average molecular weight is 207 g/mol. The number of aryl methyl sites for hydroxylation is 1. The maximum Gasteiger partial charge on any atom is 0.248 e. The minimum absolute atomic E-state index is 0.176. The molecule has 0 atom stereocenters. The van der Waals surface area contributed by atoms with Crippen molar-refractivity contribution in [2.45, 2.75) is 13.5 Å². The van der Waals surface area contributed by atoms with E-state index < -0.39 is 0 Å². The molecule has 1 aromatic rings. The maximum atomic E-state index is 11.0. The minimum atomic E-state index is -0.176. The number of carbonyl (C=O) groups excluding carboxylic acids is 1. The van der Waals surface area contributed by atoms with Crippen molar-refractivity contribution in [1.29, 1.82) is 0 Å². The van der Waals surface area contributed by atoms with Crippen LogP contribution >= 0.6 is 0 Å². The summed E-state index contributed by atoms with van der Waals surface area (Å²) in [6, 6.07) is 8.22. The van der Waals surface area contributed by atoms with E-state index in [4.69, 9.17) is 5.84 Å². The number of rotatable bonds is 4. The lowest BCUT2D eigenvalue weighted by Crippen LogP contribution is -2.38. The third-order valence-electron chi connectivity index (χ3n) is 2.11. The van der Waals surface area contributed by atoms with Crippen molar-refractivity contribution in [3.63, 3.8) is 0 Å². The normalized spacial score (nSPS) is 10.4. The summed E-state index contributed by atoms with van der Waals surface area (Å²) in [5.41, 5.74) is 4.54. The number of likely N-dealkylation sites (N-methyl/N-ethyl adjacent to an activating group) is 1. The Morgan fingerprint density at radius 3 is 2.87 bits per heavy atom. The van der Waals surface area contributed by atoms with Gasteiger partial charge in [-0.1, -0.05) is 29.8 Å². The lowest BCUT2D eigenvalue weighted by molar-refractivity contribution is -0.122. The average Bonchev–Trinajstić information content (AvgIpc) is 2.17. The van der Waals surface area contributed by atoms with Crippen LogP contribution in [0, 0.1) is 6.92 Å². The quantitative estimate of drug-likeness (QED) is 0.427. The number of nitrogens with two attached hydrogens (primary N) is 1. The maximum absolute atomic E-state index is 11.0. The van der Waals surface area contributed by atoms with Gasteiger partial charge < -0.3 is 0 Å². The fraction of sp³-hybridized carbons (Fsp3) is 0.364. The monoisotopic (exact) mass is 207 g/mol. The predicted molar refractivity (Wildman–Crippen MR) is 59.8 cm³/mol. The van der Waals surface area contributed by atoms with Gasteiger partial charge in [0.15, 0.2) is 0 Å². The molecule has 4 heteroatoms. The molecule has 0 bridgehead atoms. The lowest BCUT2D eigenvalue weighted by atomic mass is 10.1. The SMILES string of the molecule is Cc1cccc(CN(C)CC(=O)NN)c1. The Balaban J connectivity index is 2.51. The predicted octanol–water partition coefficient (Wildman–Crippen LogP) is 0.417. The highest BCUT2D eigenvalue weighted by molar-refractivity contribution is 5.77. The van der Waals surface area contributed by atoms with Crippen molar-refractivity contribution in [2.75, 3.05) is 13.6 Å². The van der Waals surface area contributed by atoms with Crippen molar-refractivity contribution in [3.8, 4) is 0 Å². The number of carbonyl (C=O) groups is 1. The van der Waals surface area contributed by atoms with Crippen LogP contribution in [-0.4, -0.2) is 24.4 Å². The van der Waals surface area contributed by atoms with Crippen LogP contribution in [0.5, 0.6) is 0 Å². The van der Waals surface area contributed by atoms with Gasteiger partial charge in [-0.2, -0.15) is 0 Å². The zero-order valence-corrected chi connectivity index (χ0v) is 9.16. The molecule has 0 aromatic heterocycles. The molecule has 15 heavy (non-hydrogen) atoms. The van der Waals surface area contributed by atoms with Gasteiger partial charge in [-0.3, -0.25) is 15.1 Å². The van der Waals surface area contributed by atoms with Crippen LogP contribution in [-0.2, 0) is 11.3 Å². The van der Waals surface area contributed by atoms with E-state index in [-0.39, 0.29) is 5.91 Å². The molecule has 0 heterocycles. The van der Waals surface area contributed by atoms with E-state index in [0.29, 0.717) is 6.54 Å². The van der Waals surface area contributed by atoms with Gasteiger partial charge in [0.2, 0.25) is 5.91 Å². The molecule has 1 rings (SSSR count). The zero-order valence-electron chi connectivity index (χ0n) is 9.16. The molecule has 0 aliphatic rings. The summed E-state index contributed by atoms with van der Waals surface area (Å²) in [6.07, 6.45) is 0. The smallest absolute Gasteiger partial charge is 0.248 e. The van der Waals surface area contributed by atoms with Crippen molar-refractivity contribution < 1.29 is 4.79 Å². The fourth-order valence-corrected chi connectivity index (χ4v) is 1.47. The zero-order chi connectivity index (χ0) is 11.3. The Morgan fingerprint density at radius 2 is 2.27 bits per heavy atom. The number of hydrogen-bond acceptors (Lipinski definition) is 3. The number of hydrogen-bond donors (Lipinski definition) is 2. The van der Waals surface area contributed by atoms with Crippen molar-refractivity contribution in [2.24, 2.45) is 5.84 Å². The Bertz CT molecular complexity index is 338. The van der Waals surface area contributed by atoms with Crippen molar-refractivity contribution in [3.05, 3.63) is 35.4 Å². The summed E-state index contributed by atoms with van der Waals surface area (Å²) < 4.78 is 0. The van der Waals surface area contributed by atoms with Crippen LogP contribution in [0.15, 0.2) is 24.3 Å². The van der Waals surface area contributed by atoms with E-state index in [1.807, 2.05) is 24.1 Å². The van der Waals surface area contributed by atoms with Crippen LogP contribution in [0.25, 0.3) is 0 Å². The summed E-state index contributed by atoms with van der Waals surface area (Å²) in [4.78, 5) is 12.9. The standard InChI is InChI=1S/C11H17N3O/c1-9-4-3-5-10(6-9)7-14(2)8-11(15)13-12/h3-6H,7-8,12H2,1-2H3,(H,13,15). The van der Waals surface area contributed by atoms with E-state index in [9.17, 15) is 4.79 Å². The molecule has 1 amide bonds. The largest absolute Gasteiger partial charge is 0.293 e. The molecule has 0 radical (unpaired) electrons. The Hall–Kier alpha value is -1.39. The van der Waals surface area contributed by atoms with E-state index in [0.717, 1.165) is 6.54 Å². The summed E-state index contributed by atoms with van der Waals surface area (Å²) in [5.74, 6) is 4.84. The summed E-state index contributed by atoms with van der Waals surface area (Å²) in [5, 5.41) is 0. The van der Waals surface area contributed by atoms with Crippen molar-refractivity contribution >= 4 is 5.91 Å². The molecule has 0 aliphatic carbocycles. The van der Waals surface area contributed by atoms with Gasteiger partial charge in [-0.15, -0.1) is 0 Å². The van der Waals surface area contributed by atoms with Crippen LogP contribution in [0.1, 0.15) is 11.1 Å². The molecule has 1 aromatic carbocycles. The van der Waals surface area contributed by atoms with Crippen LogP contribution < -0.4 is 11.3 Å². The highest BCUT2D eigenvalue weighted by atomic mass is 16.2. The number of nitrogens with zero attached hydrogens (tertiary/aromatic N) is 1. The van der Waals surface area contributed by atoms with Crippen molar-refractivity contribution in [1.82, 2.24) is 10.3 Å². The summed E-state index contributed by atoms with van der Waals surface area (Å²) in [6.45, 7) is 3.11. The molecule has 4 nitrogen and oxygen atoms in total. The minimum Gasteiger partial charge on any atom is -0.293 e. The van der Waals surface area contributed by atoms with Gasteiger partial charge in [-0.25, -0.2) is 5.84 Å². The number of nitrogens with one attached hydrogen (secondary N) is 1. The van der Waals surface area contributed by atoms with E-state index in [1.54, 1.807) is 0 Å². The molecule has 0 aliphatic heterocycles. The first-order valence-electron chi connectivity index (χ1n) is 4.85. The van der Waals surface area contributed by atoms with E-state index >= 15 is 0 Å². The second kappa shape index (κ2) is 5.48. The topological polar surface area (TPSA) is 58.4 Å². The third kappa shape index (κ3) is 4.10. The van der Waals surface area contributed by atoms with E-state index in [1.165, 1.54) is 11.1 Å². The first kappa shape index (κ1) is 11.7. The third-order valence-corrected chi connectivity index (χ3v) is 2.11. The van der Waals surface area contributed by atoms with Gasteiger partial charge >= 0.3 is 0 Å². The van der Waals surface area contributed by atoms with Gasteiger partial charge in [-0.05, 0) is 19.5 Å². The molecule has 0 fully saturated rings. The van der Waals surface area contributed by atoms with E-state index in [2.05, 4.69) is 24.5 Å². The summed E-state index contributed by atoms with van der Waals surface area (Å²) in [7, 11) is 1.89. The Morgan fingerprint density at radius 1 is 1.53 bits per heavy atom. The van der Waals surface area contributed by atoms with Gasteiger partial charge in [0, 0.05) is 6.54 Å². The molecule has 0 spiro atoms. The number of hydrazine groups is 1. The number of amides is 1. The first-order valence-corrected chi connectivity index (χ1v) is 4.85. The van der Waals surface area contributed by atoms with Gasteiger partial charge in [0.05, 0.1) is 6.54 Å². The number of benzene rings is 1. The Kier molecular flexibility index (Phi) is 4.27. The van der Waals surface area contributed by atoms with Crippen LogP contribution in [0.4, 0.5) is 0 Å². The second-order valence-corrected chi connectivity index (χ2v) is 3.73. The molecular formula is C11H17N3O.